The van der Waals surface area contributed by atoms with Gasteiger partial charge in [-0.3, -0.25) is 9.69 Å². The van der Waals surface area contributed by atoms with Gasteiger partial charge in [0.2, 0.25) is 0 Å². The molecule has 0 radical (unpaired) electrons. The van der Waals surface area contributed by atoms with Crippen LogP contribution in [0.4, 0.5) is 0 Å². The Bertz CT molecular complexity index is 245. The predicted octanol–water partition coefficient (Wildman–Crippen LogP) is -0.296. The van der Waals surface area contributed by atoms with Gasteiger partial charge in [0, 0.05) is 25.7 Å². The predicted molar refractivity (Wildman–Crippen MR) is 61.3 cm³/mol. The van der Waals surface area contributed by atoms with Crippen molar-refractivity contribution in [3.63, 3.8) is 0 Å². The van der Waals surface area contributed by atoms with Gasteiger partial charge in [-0.2, -0.15) is 0 Å². The average molecular weight is 230 g/mol. The van der Waals surface area contributed by atoms with Crippen LogP contribution in [0.2, 0.25) is 0 Å². The Morgan fingerprint density at radius 1 is 1.50 bits per heavy atom. The number of hydrogen-bond donors (Lipinski definition) is 2. The van der Waals surface area contributed by atoms with Crippen LogP contribution in [0, 0.1) is 5.92 Å². The van der Waals surface area contributed by atoms with Crippen molar-refractivity contribution >= 4 is 5.97 Å². The van der Waals surface area contributed by atoms with Gasteiger partial charge in [0.1, 0.15) is 0 Å². The van der Waals surface area contributed by atoms with Crippen LogP contribution in [0.5, 0.6) is 0 Å². The Labute approximate surface area is 96.7 Å². The summed E-state index contributed by atoms with van der Waals surface area (Å²) in [5, 5.41) is 18.1. The van der Waals surface area contributed by atoms with Crippen molar-refractivity contribution < 1.29 is 15.0 Å². The monoisotopic (exact) mass is 230 g/mol. The van der Waals surface area contributed by atoms with Crippen LogP contribution in [-0.2, 0) is 4.79 Å². The number of aliphatic hydroxyl groups is 1. The lowest BCUT2D eigenvalue weighted by atomic mass is 10.1. The number of carbonyl (C=O) groups is 1. The lowest BCUT2D eigenvalue weighted by Gasteiger charge is -2.23. The minimum atomic E-state index is -0.941. The molecule has 0 aromatic rings. The van der Waals surface area contributed by atoms with Gasteiger partial charge in [-0.25, -0.2) is 0 Å². The largest absolute Gasteiger partial charge is 0.481 e. The molecule has 0 aromatic heterocycles. The van der Waals surface area contributed by atoms with Gasteiger partial charge in [0.05, 0.1) is 12.5 Å². The third kappa shape index (κ3) is 3.73. The molecule has 0 aliphatic carbocycles. The number of likely N-dealkylation sites (N-methyl/N-ethyl adjacent to an activating group) is 1. The highest BCUT2D eigenvalue weighted by Gasteiger charge is 2.31. The molecule has 3 atom stereocenters. The molecule has 0 saturated carbocycles. The molecule has 0 amide bonds. The summed E-state index contributed by atoms with van der Waals surface area (Å²) in [4.78, 5) is 14.8. The Kier molecular flexibility index (Phi) is 4.70. The number of aliphatic hydroxyl groups excluding tert-OH is 1. The van der Waals surface area contributed by atoms with E-state index in [1.54, 1.807) is 0 Å². The smallest absolute Gasteiger partial charge is 0.306 e. The summed E-state index contributed by atoms with van der Waals surface area (Å²) < 4.78 is 0. The molecule has 1 saturated heterocycles. The number of likely N-dealkylation sites (tertiary alicyclic amines) is 1. The zero-order valence-corrected chi connectivity index (χ0v) is 10.3. The molecular formula is C11H22N2O3. The topological polar surface area (TPSA) is 64.0 Å². The van der Waals surface area contributed by atoms with E-state index in [9.17, 15) is 9.90 Å². The molecule has 1 aliphatic rings. The lowest BCUT2D eigenvalue weighted by molar-refractivity contribution is -0.139. The van der Waals surface area contributed by atoms with Crippen molar-refractivity contribution in [2.45, 2.75) is 25.5 Å². The minimum absolute atomic E-state index is 0.169. The van der Waals surface area contributed by atoms with E-state index in [1.165, 1.54) is 0 Å². The Morgan fingerprint density at radius 3 is 2.56 bits per heavy atom. The number of nitrogens with zero attached hydrogens (tertiary/aromatic N) is 2. The van der Waals surface area contributed by atoms with Crippen LogP contribution in [0.1, 0.15) is 13.3 Å². The quantitative estimate of drug-likeness (QED) is 0.679. The number of carboxylic acids is 1. The van der Waals surface area contributed by atoms with Crippen molar-refractivity contribution in [2.24, 2.45) is 5.92 Å². The van der Waals surface area contributed by atoms with E-state index in [-0.39, 0.29) is 6.42 Å². The molecule has 1 rings (SSSR count). The number of carboxylic acid groups (broad SMARTS) is 1. The highest BCUT2D eigenvalue weighted by atomic mass is 16.4. The zero-order valence-electron chi connectivity index (χ0n) is 10.3. The highest BCUT2D eigenvalue weighted by Crippen LogP contribution is 2.20. The van der Waals surface area contributed by atoms with E-state index in [1.807, 2.05) is 0 Å². The second-order valence-electron chi connectivity index (χ2n) is 4.98. The molecule has 0 aromatic carbocycles. The highest BCUT2D eigenvalue weighted by molar-refractivity contribution is 5.67. The summed E-state index contributed by atoms with van der Waals surface area (Å²) in [5.74, 6) is -0.379. The maximum Gasteiger partial charge on any atom is 0.306 e. The summed E-state index contributed by atoms with van der Waals surface area (Å²) in [5.41, 5.74) is 0. The molecule has 16 heavy (non-hydrogen) atoms. The lowest BCUT2D eigenvalue weighted by Crippen LogP contribution is -2.36. The van der Waals surface area contributed by atoms with E-state index < -0.39 is 12.1 Å². The van der Waals surface area contributed by atoms with Crippen LogP contribution in [-0.4, -0.2) is 71.9 Å². The normalized spacial score (nSPS) is 28.6. The van der Waals surface area contributed by atoms with Gasteiger partial charge < -0.3 is 15.1 Å². The third-order valence-corrected chi connectivity index (χ3v) is 3.19. The molecule has 0 bridgehead atoms. The maximum absolute atomic E-state index is 10.4. The first-order chi connectivity index (χ1) is 7.40. The van der Waals surface area contributed by atoms with Crippen LogP contribution < -0.4 is 0 Å². The molecule has 5 nitrogen and oxygen atoms in total. The molecule has 3 unspecified atom stereocenters. The Hall–Kier alpha value is -0.650. The third-order valence-electron chi connectivity index (χ3n) is 3.19. The van der Waals surface area contributed by atoms with Gasteiger partial charge in [0.25, 0.3) is 0 Å². The summed E-state index contributed by atoms with van der Waals surface area (Å²) in [7, 11) is 4.11. The first-order valence-electron chi connectivity index (χ1n) is 5.68. The van der Waals surface area contributed by atoms with Gasteiger partial charge in [0.15, 0.2) is 0 Å². The van der Waals surface area contributed by atoms with Crippen LogP contribution in [0.25, 0.3) is 0 Å². The number of hydrogen-bond acceptors (Lipinski definition) is 4. The van der Waals surface area contributed by atoms with E-state index in [4.69, 9.17) is 5.11 Å². The summed E-state index contributed by atoms with van der Waals surface area (Å²) in [6.07, 6.45) is -0.928. The molecule has 1 heterocycles. The summed E-state index contributed by atoms with van der Waals surface area (Å²) in [6.45, 7) is 4.49. The molecular weight excluding hydrogens is 208 g/mol. The first kappa shape index (κ1) is 13.4. The van der Waals surface area contributed by atoms with Crippen molar-refractivity contribution in [3.05, 3.63) is 0 Å². The van der Waals surface area contributed by atoms with E-state index in [2.05, 4.69) is 30.8 Å². The molecule has 2 N–H and O–H groups in total. The first-order valence-corrected chi connectivity index (χ1v) is 5.68. The van der Waals surface area contributed by atoms with Crippen molar-refractivity contribution in [1.82, 2.24) is 9.80 Å². The summed E-state index contributed by atoms with van der Waals surface area (Å²) >= 11 is 0. The van der Waals surface area contributed by atoms with Gasteiger partial charge >= 0.3 is 5.97 Å². The summed E-state index contributed by atoms with van der Waals surface area (Å²) in [6, 6.07) is 0.497. The van der Waals surface area contributed by atoms with Crippen LogP contribution in [0.3, 0.4) is 0 Å². The van der Waals surface area contributed by atoms with Crippen molar-refractivity contribution in [1.29, 1.82) is 0 Å². The SMILES string of the molecule is CC1CN(CC(O)CC(=O)O)CC1N(C)C. The fraction of sp³-hybridized carbons (Fsp3) is 0.909. The average Bonchev–Trinajstić information content (AvgIpc) is 2.44. The molecule has 0 spiro atoms. The van der Waals surface area contributed by atoms with E-state index in [0.29, 0.717) is 18.5 Å². The molecule has 94 valence electrons. The zero-order chi connectivity index (χ0) is 12.3. The van der Waals surface area contributed by atoms with Crippen LogP contribution in [0.15, 0.2) is 0 Å². The second-order valence-corrected chi connectivity index (χ2v) is 4.98. The molecule has 1 aliphatic heterocycles. The fourth-order valence-electron chi connectivity index (χ4n) is 2.43. The van der Waals surface area contributed by atoms with E-state index in [0.717, 1.165) is 13.1 Å². The number of aliphatic carboxylic acids is 1. The number of β-amino-alcohol motifs (C(OH)–C–C–N with tert-alkyl or cyclic N) is 1. The molecule has 5 heteroatoms. The fourth-order valence-corrected chi connectivity index (χ4v) is 2.43. The molecule has 1 fully saturated rings. The Balaban J connectivity index is 2.38. The van der Waals surface area contributed by atoms with Gasteiger partial charge in [-0.15, -0.1) is 0 Å². The second kappa shape index (κ2) is 5.61. The Morgan fingerprint density at radius 2 is 2.12 bits per heavy atom. The van der Waals surface area contributed by atoms with Crippen LogP contribution >= 0.6 is 0 Å². The van der Waals surface area contributed by atoms with Crippen molar-refractivity contribution in [2.75, 3.05) is 33.7 Å². The maximum atomic E-state index is 10.4. The standard InChI is InChI=1S/C11H22N2O3/c1-8-5-13(7-10(8)12(2)3)6-9(14)4-11(15)16/h8-10,14H,4-7H2,1-3H3,(H,15,16). The van der Waals surface area contributed by atoms with Gasteiger partial charge in [-0.1, -0.05) is 6.92 Å². The van der Waals surface area contributed by atoms with Gasteiger partial charge in [-0.05, 0) is 20.0 Å². The van der Waals surface area contributed by atoms with E-state index >= 15 is 0 Å². The number of rotatable bonds is 5. The van der Waals surface area contributed by atoms with Crippen molar-refractivity contribution in [3.8, 4) is 0 Å². The minimum Gasteiger partial charge on any atom is -0.481 e.